The number of halogens is 2. The summed E-state index contributed by atoms with van der Waals surface area (Å²) in [7, 11) is 0. The summed E-state index contributed by atoms with van der Waals surface area (Å²) in [6.45, 7) is 0.767. The predicted octanol–water partition coefficient (Wildman–Crippen LogP) is 0.974. The van der Waals surface area contributed by atoms with E-state index >= 15 is 0 Å². The topological polar surface area (TPSA) is 90.2 Å². The minimum absolute atomic E-state index is 0.234. The van der Waals surface area contributed by atoms with Crippen LogP contribution in [0, 0.1) is 6.61 Å². The van der Waals surface area contributed by atoms with Crippen molar-refractivity contribution >= 4 is 11.6 Å². The van der Waals surface area contributed by atoms with Crippen LogP contribution in [0.1, 0.15) is 29.9 Å². The summed E-state index contributed by atoms with van der Waals surface area (Å²) in [6.07, 6.45) is -4.10. The van der Waals surface area contributed by atoms with E-state index in [4.69, 9.17) is 21.4 Å². The van der Waals surface area contributed by atoms with E-state index in [-0.39, 0.29) is 6.42 Å². The molecular formula is C16H19ClFO5. The summed E-state index contributed by atoms with van der Waals surface area (Å²) >= 11 is 5.88. The Kier molecular flexibility index (Phi) is 4.42. The number of hydrogen-bond donors (Lipinski definition) is 4. The monoisotopic (exact) mass is 345 g/mol. The zero-order chi connectivity index (χ0) is 16.8. The number of aliphatic hydroxyl groups excluding tert-OH is 2. The molecule has 1 radical (unpaired) electrons. The maximum absolute atomic E-state index is 13.2. The molecule has 1 unspecified atom stereocenters. The van der Waals surface area contributed by atoms with Gasteiger partial charge in [0.2, 0.25) is 11.4 Å². The van der Waals surface area contributed by atoms with E-state index in [1.807, 2.05) is 12.1 Å². The second-order valence-corrected chi connectivity index (χ2v) is 6.88. The van der Waals surface area contributed by atoms with E-state index < -0.39 is 29.2 Å². The normalized spacial score (nSPS) is 39.2. The van der Waals surface area contributed by atoms with Crippen LogP contribution in [0.4, 0.5) is 4.39 Å². The maximum atomic E-state index is 13.2. The van der Waals surface area contributed by atoms with Gasteiger partial charge in [0.05, 0.1) is 0 Å². The van der Waals surface area contributed by atoms with Crippen LogP contribution in [0.2, 0.25) is 0 Å². The fourth-order valence-corrected chi connectivity index (χ4v) is 3.26. The van der Waals surface area contributed by atoms with E-state index in [0.29, 0.717) is 11.5 Å². The molecule has 0 spiro atoms. The van der Waals surface area contributed by atoms with Crippen LogP contribution in [-0.2, 0) is 11.2 Å². The second kappa shape index (κ2) is 5.95. The maximum Gasteiger partial charge on any atom is 0.227 e. The summed E-state index contributed by atoms with van der Waals surface area (Å²) in [5.74, 6) is 0.574. The molecule has 7 heteroatoms. The van der Waals surface area contributed by atoms with Gasteiger partial charge in [-0.1, -0.05) is 35.9 Å². The first kappa shape index (κ1) is 17.1. The first-order valence-corrected chi connectivity index (χ1v) is 7.85. The molecule has 3 rings (SSSR count). The standard InChI is InChI=1S/C16H19ClFO5/c17-16(22)13(14(18)20)23-8-12(19)15(16,21)7-9-1-3-10(4-2-9)11-5-6-11/h1-4,8,11-14,19-22H,5-7H2/t12-,13+,14?,15+,16+/m0/s1. The van der Waals surface area contributed by atoms with Crippen molar-refractivity contribution in [2.24, 2.45) is 0 Å². The average Bonchev–Trinajstić information content (AvgIpc) is 3.30. The van der Waals surface area contributed by atoms with Crippen LogP contribution in [0.3, 0.4) is 0 Å². The molecule has 5 atom stereocenters. The van der Waals surface area contributed by atoms with Gasteiger partial charge in [-0.25, -0.2) is 4.39 Å². The fraction of sp³-hybridized carbons (Fsp3) is 0.562. The SMILES string of the molecule is OC(F)[C@H]1O[CH][C@H](O)[C@](O)(Cc2ccc(C3CC3)cc2)[C@@]1(O)Cl. The summed E-state index contributed by atoms with van der Waals surface area (Å²) in [5, 5.41) is 37.4. The molecule has 5 nitrogen and oxygen atoms in total. The highest BCUT2D eigenvalue weighted by Gasteiger charge is 2.63. The lowest BCUT2D eigenvalue weighted by Crippen LogP contribution is -2.70. The van der Waals surface area contributed by atoms with E-state index in [9.17, 15) is 19.7 Å². The quantitative estimate of drug-likeness (QED) is 0.611. The molecule has 4 N–H and O–H groups in total. The Labute approximate surface area is 138 Å². The van der Waals surface area contributed by atoms with Gasteiger partial charge in [0.25, 0.3) is 0 Å². The van der Waals surface area contributed by atoms with Crippen molar-refractivity contribution in [1.29, 1.82) is 0 Å². The lowest BCUT2D eigenvalue weighted by Gasteiger charge is -2.49. The van der Waals surface area contributed by atoms with Gasteiger partial charge in [0.1, 0.15) is 18.3 Å². The van der Waals surface area contributed by atoms with Crippen LogP contribution in [0.25, 0.3) is 0 Å². The first-order valence-electron chi connectivity index (χ1n) is 7.47. The molecule has 1 aliphatic heterocycles. The van der Waals surface area contributed by atoms with Crippen LogP contribution >= 0.6 is 11.6 Å². The summed E-state index contributed by atoms with van der Waals surface area (Å²) < 4.78 is 17.9. The number of benzene rings is 1. The third-order valence-electron chi connectivity index (χ3n) is 4.58. The smallest absolute Gasteiger partial charge is 0.227 e. The second-order valence-electron chi connectivity index (χ2n) is 6.30. The van der Waals surface area contributed by atoms with Crippen molar-refractivity contribution < 1.29 is 29.6 Å². The average molecular weight is 346 g/mol. The number of ether oxygens (including phenoxy) is 1. The number of aliphatic hydroxyl groups is 4. The third-order valence-corrected chi connectivity index (χ3v) is 5.12. The Balaban J connectivity index is 1.84. The van der Waals surface area contributed by atoms with E-state index in [1.54, 1.807) is 12.1 Å². The minimum atomic E-state index is -2.70. The molecule has 2 fully saturated rings. The molecule has 0 amide bonds. The van der Waals surface area contributed by atoms with Crippen LogP contribution in [-0.4, -0.2) is 49.7 Å². The van der Waals surface area contributed by atoms with Crippen LogP contribution < -0.4 is 0 Å². The molecule has 127 valence electrons. The van der Waals surface area contributed by atoms with Gasteiger partial charge in [-0.2, -0.15) is 0 Å². The molecule has 2 aliphatic rings. The van der Waals surface area contributed by atoms with Gasteiger partial charge in [0.15, 0.2) is 6.10 Å². The predicted molar refractivity (Wildman–Crippen MR) is 80.2 cm³/mol. The van der Waals surface area contributed by atoms with Crippen molar-refractivity contribution in [3.63, 3.8) is 0 Å². The largest absolute Gasteiger partial charge is 0.387 e. The highest BCUT2D eigenvalue weighted by molar-refractivity contribution is 6.24. The Morgan fingerprint density at radius 1 is 1.26 bits per heavy atom. The Morgan fingerprint density at radius 2 is 1.87 bits per heavy atom. The van der Waals surface area contributed by atoms with Gasteiger partial charge in [0, 0.05) is 6.42 Å². The van der Waals surface area contributed by atoms with Gasteiger partial charge in [-0.3, -0.25) is 0 Å². The molecule has 1 aromatic carbocycles. The molecule has 1 saturated carbocycles. The molecular weight excluding hydrogens is 327 g/mol. The van der Waals surface area contributed by atoms with E-state index in [1.165, 1.54) is 5.56 Å². The number of rotatable bonds is 4. The third kappa shape index (κ3) is 2.99. The summed E-state index contributed by atoms with van der Waals surface area (Å²) in [6, 6.07) is 7.37. The van der Waals surface area contributed by atoms with Crippen LogP contribution in [0.5, 0.6) is 0 Å². The molecule has 0 aromatic heterocycles. The van der Waals surface area contributed by atoms with Gasteiger partial charge in [-0.05, 0) is 29.9 Å². The molecule has 23 heavy (non-hydrogen) atoms. The zero-order valence-electron chi connectivity index (χ0n) is 12.3. The van der Waals surface area contributed by atoms with Crippen molar-refractivity contribution in [3.8, 4) is 0 Å². The Morgan fingerprint density at radius 3 is 2.39 bits per heavy atom. The van der Waals surface area contributed by atoms with Crippen molar-refractivity contribution in [1.82, 2.24) is 0 Å². The highest BCUT2D eigenvalue weighted by Crippen LogP contribution is 2.44. The summed E-state index contributed by atoms with van der Waals surface area (Å²) in [5.41, 5.74) is -0.513. The molecule has 1 saturated heterocycles. The Bertz CT molecular complexity index is 560. The first-order chi connectivity index (χ1) is 10.8. The van der Waals surface area contributed by atoms with Crippen LogP contribution in [0.15, 0.2) is 24.3 Å². The molecule has 1 aliphatic carbocycles. The zero-order valence-corrected chi connectivity index (χ0v) is 13.0. The molecule has 1 heterocycles. The minimum Gasteiger partial charge on any atom is -0.387 e. The Hall–Kier alpha value is -0.760. The summed E-state index contributed by atoms with van der Waals surface area (Å²) in [4.78, 5) is 0. The highest BCUT2D eigenvalue weighted by atomic mass is 35.5. The molecule has 1 aromatic rings. The van der Waals surface area contributed by atoms with Gasteiger partial charge in [-0.15, -0.1) is 0 Å². The fourth-order valence-electron chi connectivity index (χ4n) is 2.93. The lowest BCUT2D eigenvalue weighted by molar-refractivity contribution is -0.270. The van der Waals surface area contributed by atoms with Crippen molar-refractivity contribution in [2.45, 2.75) is 54.4 Å². The van der Waals surface area contributed by atoms with Crippen molar-refractivity contribution in [2.75, 3.05) is 0 Å². The van der Waals surface area contributed by atoms with Gasteiger partial charge >= 0.3 is 0 Å². The number of hydrogen-bond acceptors (Lipinski definition) is 5. The molecule has 0 bridgehead atoms. The van der Waals surface area contributed by atoms with Crippen molar-refractivity contribution in [3.05, 3.63) is 42.0 Å². The van der Waals surface area contributed by atoms with E-state index in [2.05, 4.69) is 0 Å². The van der Waals surface area contributed by atoms with E-state index in [0.717, 1.165) is 19.4 Å². The number of alkyl halides is 2. The van der Waals surface area contributed by atoms with Gasteiger partial charge < -0.3 is 25.2 Å². The lowest BCUT2D eigenvalue weighted by atomic mass is 9.79.